The van der Waals surface area contributed by atoms with Gasteiger partial charge in [-0.15, -0.1) is 0 Å². The minimum Gasteiger partial charge on any atom is -0.496 e. The first-order valence-electron chi connectivity index (χ1n) is 6.83. The summed E-state index contributed by atoms with van der Waals surface area (Å²) in [5.74, 6) is 0.655. The van der Waals surface area contributed by atoms with Crippen LogP contribution in [0.2, 0.25) is 0 Å². The smallest absolute Gasteiger partial charge is 0.263 e. The number of aromatic nitrogens is 1. The van der Waals surface area contributed by atoms with Crippen molar-refractivity contribution in [2.24, 2.45) is 0 Å². The lowest BCUT2D eigenvalue weighted by molar-refractivity contribution is 0.102. The van der Waals surface area contributed by atoms with E-state index in [1.807, 2.05) is 30.5 Å². The predicted octanol–water partition coefficient (Wildman–Crippen LogP) is 3.44. The van der Waals surface area contributed by atoms with Crippen molar-refractivity contribution in [2.75, 3.05) is 19.5 Å². The molecule has 0 saturated heterocycles. The summed E-state index contributed by atoms with van der Waals surface area (Å²) in [5.41, 5.74) is 1.96. The summed E-state index contributed by atoms with van der Waals surface area (Å²) in [4.78, 5) is 15.8. The summed E-state index contributed by atoms with van der Waals surface area (Å²) in [5, 5.41) is 3.94. The van der Waals surface area contributed by atoms with Crippen molar-refractivity contribution in [2.45, 2.75) is 0 Å². The molecular formula is C17H16N2O3. The third kappa shape index (κ3) is 2.37. The molecule has 0 aliphatic heterocycles. The molecule has 0 bridgehead atoms. The van der Waals surface area contributed by atoms with Crippen molar-refractivity contribution in [3.63, 3.8) is 0 Å². The minimum absolute atomic E-state index is 0.281. The zero-order valence-corrected chi connectivity index (χ0v) is 12.3. The van der Waals surface area contributed by atoms with Crippen molar-refractivity contribution in [3.05, 3.63) is 54.2 Å². The molecule has 0 radical (unpaired) electrons. The molecule has 2 N–H and O–H groups in total. The lowest BCUT2D eigenvalue weighted by Gasteiger charge is -2.13. The van der Waals surface area contributed by atoms with E-state index in [0.29, 0.717) is 22.7 Å². The maximum Gasteiger partial charge on any atom is 0.263 e. The van der Waals surface area contributed by atoms with E-state index in [4.69, 9.17) is 9.47 Å². The molecule has 1 amide bonds. The fourth-order valence-electron chi connectivity index (χ4n) is 2.45. The molecule has 1 aromatic heterocycles. The number of benzene rings is 2. The Morgan fingerprint density at radius 1 is 1.00 bits per heavy atom. The van der Waals surface area contributed by atoms with Gasteiger partial charge in [-0.1, -0.05) is 18.2 Å². The topological polar surface area (TPSA) is 63.4 Å². The van der Waals surface area contributed by atoms with Gasteiger partial charge < -0.3 is 19.8 Å². The second kappa shape index (κ2) is 5.81. The monoisotopic (exact) mass is 296 g/mol. The van der Waals surface area contributed by atoms with Gasteiger partial charge in [-0.2, -0.15) is 0 Å². The van der Waals surface area contributed by atoms with E-state index < -0.39 is 0 Å². The van der Waals surface area contributed by atoms with E-state index in [9.17, 15) is 4.79 Å². The fourth-order valence-corrected chi connectivity index (χ4v) is 2.45. The highest BCUT2D eigenvalue weighted by atomic mass is 16.5. The second-order valence-corrected chi connectivity index (χ2v) is 4.74. The van der Waals surface area contributed by atoms with Crippen LogP contribution >= 0.6 is 0 Å². The first-order chi connectivity index (χ1) is 10.7. The number of hydrogen-bond donors (Lipinski definition) is 2. The van der Waals surface area contributed by atoms with Gasteiger partial charge in [-0.25, -0.2) is 0 Å². The number of methoxy groups -OCH3 is 2. The molecule has 3 rings (SSSR count). The second-order valence-electron chi connectivity index (χ2n) is 4.74. The van der Waals surface area contributed by atoms with E-state index in [1.165, 1.54) is 14.2 Å². The molecule has 0 spiro atoms. The SMILES string of the molecule is COc1cccc(OC)c1C(=O)Nc1cccc2cc[nH]c12. The Morgan fingerprint density at radius 3 is 2.36 bits per heavy atom. The van der Waals surface area contributed by atoms with Crippen molar-refractivity contribution >= 4 is 22.5 Å². The van der Waals surface area contributed by atoms with Crippen molar-refractivity contribution in [3.8, 4) is 11.5 Å². The summed E-state index contributed by atoms with van der Waals surface area (Å²) in [7, 11) is 3.05. The van der Waals surface area contributed by atoms with Gasteiger partial charge in [0.05, 0.1) is 25.4 Å². The molecule has 0 atom stereocenters. The number of carbonyl (C=O) groups excluding carboxylic acids is 1. The highest BCUT2D eigenvalue weighted by Crippen LogP contribution is 2.30. The largest absolute Gasteiger partial charge is 0.496 e. The van der Waals surface area contributed by atoms with Gasteiger partial charge in [0, 0.05) is 11.6 Å². The Bertz CT molecular complexity index is 801. The molecule has 22 heavy (non-hydrogen) atoms. The quantitative estimate of drug-likeness (QED) is 0.775. The zero-order valence-electron chi connectivity index (χ0n) is 12.3. The lowest BCUT2D eigenvalue weighted by Crippen LogP contribution is -2.14. The van der Waals surface area contributed by atoms with Gasteiger partial charge in [-0.3, -0.25) is 4.79 Å². The summed E-state index contributed by atoms with van der Waals surface area (Å²) in [6.45, 7) is 0. The Labute approximate surface area is 127 Å². The van der Waals surface area contributed by atoms with Crippen molar-refractivity contribution in [1.82, 2.24) is 4.98 Å². The molecule has 112 valence electrons. The fraction of sp³-hybridized carbons (Fsp3) is 0.118. The number of hydrogen-bond acceptors (Lipinski definition) is 3. The molecule has 3 aromatic rings. The van der Waals surface area contributed by atoms with E-state index >= 15 is 0 Å². The number of nitrogens with one attached hydrogen (secondary N) is 2. The standard InChI is InChI=1S/C17H16N2O3/c1-21-13-7-4-8-14(22-2)15(13)17(20)19-12-6-3-5-11-9-10-18-16(11)12/h3-10,18H,1-2H3,(H,19,20). The average Bonchev–Trinajstić information content (AvgIpc) is 3.03. The average molecular weight is 296 g/mol. The van der Waals surface area contributed by atoms with Crippen LogP contribution in [-0.2, 0) is 0 Å². The number of H-pyrrole nitrogens is 1. The van der Waals surface area contributed by atoms with Gasteiger partial charge in [-0.05, 0) is 24.3 Å². The predicted molar refractivity (Wildman–Crippen MR) is 85.8 cm³/mol. The normalized spacial score (nSPS) is 10.5. The minimum atomic E-state index is -0.281. The number of rotatable bonds is 4. The first kappa shape index (κ1) is 14.0. The molecule has 0 aliphatic rings. The maximum absolute atomic E-state index is 12.7. The van der Waals surface area contributed by atoms with Gasteiger partial charge in [0.25, 0.3) is 5.91 Å². The first-order valence-corrected chi connectivity index (χ1v) is 6.83. The number of ether oxygens (including phenoxy) is 2. The summed E-state index contributed by atoms with van der Waals surface area (Å²) >= 11 is 0. The summed E-state index contributed by atoms with van der Waals surface area (Å²) in [6, 6.07) is 12.9. The molecule has 1 heterocycles. The number of para-hydroxylation sites is 1. The van der Waals surface area contributed by atoms with E-state index in [-0.39, 0.29) is 5.91 Å². The number of carbonyl (C=O) groups is 1. The molecule has 0 saturated carbocycles. The van der Waals surface area contributed by atoms with Gasteiger partial charge in [0.1, 0.15) is 17.1 Å². The third-order valence-electron chi connectivity index (χ3n) is 3.49. The van der Waals surface area contributed by atoms with Crippen molar-refractivity contribution < 1.29 is 14.3 Å². The molecule has 5 nitrogen and oxygen atoms in total. The Hall–Kier alpha value is -2.95. The van der Waals surface area contributed by atoms with Gasteiger partial charge >= 0.3 is 0 Å². The van der Waals surface area contributed by atoms with Crippen LogP contribution < -0.4 is 14.8 Å². The van der Waals surface area contributed by atoms with Crippen LogP contribution in [0, 0.1) is 0 Å². The lowest BCUT2D eigenvalue weighted by atomic mass is 10.1. The number of aromatic amines is 1. The Morgan fingerprint density at radius 2 is 1.68 bits per heavy atom. The van der Waals surface area contributed by atoms with Crippen LogP contribution in [0.15, 0.2) is 48.7 Å². The van der Waals surface area contributed by atoms with Gasteiger partial charge in [0.2, 0.25) is 0 Å². The Kier molecular flexibility index (Phi) is 3.70. The van der Waals surface area contributed by atoms with E-state index in [0.717, 1.165) is 10.9 Å². The molecule has 2 aromatic carbocycles. The summed E-state index contributed by atoms with van der Waals surface area (Å²) < 4.78 is 10.5. The third-order valence-corrected chi connectivity index (χ3v) is 3.49. The van der Waals surface area contributed by atoms with E-state index in [1.54, 1.807) is 18.2 Å². The van der Waals surface area contributed by atoms with Crippen LogP contribution in [0.1, 0.15) is 10.4 Å². The molecule has 0 aliphatic carbocycles. The summed E-state index contributed by atoms with van der Waals surface area (Å²) in [6.07, 6.45) is 1.84. The molecule has 0 unspecified atom stereocenters. The molecular weight excluding hydrogens is 280 g/mol. The van der Waals surface area contributed by atoms with Crippen LogP contribution in [0.4, 0.5) is 5.69 Å². The van der Waals surface area contributed by atoms with Crippen LogP contribution in [-0.4, -0.2) is 25.1 Å². The van der Waals surface area contributed by atoms with Gasteiger partial charge in [0.15, 0.2) is 0 Å². The van der Waals surface area contributed by atoms with Crippen LogP contribution in [0.25, 0.3) is 10.9 Å². The van der Waals surface area contributed by atoms with Crippen molar-refractivity contribution in [1.29, 1.82) is 0 Å². The number of anilines is 1. The highest BCUT2D eigenvalue weighted by Gasteiger charge is 2.19. The molecule has 5 heteroatoms. The zero-order chi connectivity index (χ0) is 15.5. The van der Waals surface area contributed by atoms with E-state index in [2.05, 4.69) is 10.3 Å². The highest BCUT2D eigenvalue weighted by molar-refractivity contribution is 6.11. The number of amides is 1. The number of fused-ring (bicyclic) bond motifs is 1. The Balaban J connectivity index is 2.00. The molecule has 0 fully saturated rings. The maximum atomic E-state index is 12.7. The van der Waals surface area contributed by atoms with Crippen LogP contribution in [0.5, 0.6) is 11.5 Å². The van der Waals surface area contributed by atoms with Crippen LogP contribution in [0.3, 0.4) is 0 Å².